The lowest BCUT2D eigenvalue weighted by Crippen LogP contribution is -2.41. The highest BCUT2D eigenvalue weighted by atomic mass is 35.5. The molecule has 2 N–H and O–H groups in total. The Balaban J connectivity index is 0.00000242. The fourth-order valence-electron chi connectivity index (χ4n) is 2.97. The number of nitrogens with zero attached hydrogens (tertiary/aromatic N) is 2. The number of amides is 1. The number of anilines is 1. The molecule has 0 radical (unpaired) electrons. The molecule has 1 aliphatic rings. The molecule has 1 aromatic rings. The quantitative estimate of drug-likeness (QED) is 0.847. The predicted molar refractivity (Wildman–Crippen MR) is 94.5 cm³/mol. The third kappa shape index (κ3) is 4.89. The van der Waals surface area contributed by atoms with Crippen molar-refractivity contribution in [1.29, 1.82) is 0 Å². The van der Waals surface area contributed by atoms with Crippen LogP contribution in [0.25, 0.3) is 0 Å². The fourth-order valence-corrected chi connectivity index (χ4v) is 2.97. The van der Waals surface area contributed by atoms with Crippen LogP contribution in [0.15, 0.2) is 24.3 Å². The lowest BCUT2D eigenvalue weighted by molar-refractivity contribution is 0.0669. The summed E-state index contributed by atoms with van der Waals surface area (Å²) < 4.78 is 0. The lowest BCUT2D eigenvalue weighted by atomic mass is 9.95. The van der Waals surface area contributed by atoms with Gasteiger partial charge in [0.1, 0.15) is 0 Å². The van der Waals surface area contributed by atoms with Gasteiger partial charge in [-0.25, -0.2) is 0 Å². The number of carbonyl (C=O) groups excluding carboxylic acids is 1. The van der Waals surface area contributed by atoms with Crippen LogP contribution in [0.2, 0.25) is 0 Å². The van der Waals surface area contributed by atoms with Crippen LogP contribution in [0.1, 0.15) is 37.0 Å². The zero-order valence-corrected chi connectivity index (χ0v) is 14.4. The number of nitrogen functional groups attached to an aromatic ring is 1. The van der Waals surface area contributed by atoms with E-state index in [9.17, 15) is 4.79 Å². The molecule has 1 aromatic carbocycles. The monoisotopic (exact) mass is 325 g/mol. The Hall–Kier alpha value is -1.26. The second-order valence-electron chi connectivity index (χ2n) is 5.84. The van der Waals surface area contributed by atoms with Crippen molar-refractivity contribution < 1.29 is 4.79 Å². The summed E-state index contributed by atoms with van der Waals surface area (Å²) >= 11 is 0. The Bertz CT molecular complexity index is 451. The zero-order valence-electron chi connectivity index (χ0n) is 13.6. The zero-order chi connectivity index (χ0) is 15.2. The smallest absolute Gasteiger partial charge is 0.253 e. The van der Waals surface area contributed by atoms with Gasteiger partial charge in [0.15, 0.2) is 0 Å². The minimum atomic E-state index is 0. The van der Waals surface area contributed by atoms with E-state index in [0.717, 1.165) is 57.0 Å². The summed E-state index contributed by atoms with van der Waals surface area (Å²) in [4.78, 5) is 16.9. The van der Waals surface area contributed by atoms with E-state index in [4.69, 9.17) is 5.73 Å². The molecule has 0 saturated carbocycles. The third-order valence-corrected chi connectivity index (χ3v) is 4.47. The summed E-state index contributed by atoms with van der Waals surface area (Å²) in [6.45, 7) is 9.55. The fraction of sp³-hybridized carbons (Fsp3) is 0.588. The van der Waals surface area contributed by atoms with Crippen molar-refractivity contribution in [2.24, 2.45) is 5.92 Å². The molecule has 0 aliphatic carbocycles. The molecule has 0 atom stereocenters. The summed E-state index contributed by atoms with van der Waals surface area (Å²) in [5, 5.41) is 0. The normalized spacial score (nSPS) is 15.7. The van der Waals surface area contributed by atoms with E-state index in [1.54, 1.807) is 12.1 Å². The molecule has 4 nitrogen and oxygen atoms in total. The molecule has 0 bridgehead atoms. The average Bonchev–Trinajstić information content (AvgIpc) is 2.53. The van der Waals surface area contributed by atoms with E-state index < -0.39 is 0 Å². The molecule has 1 fully saturated rings. The topological polar surface area (TPSA) is 49.6 Å². The number of piperidine rings is 1. The van der Waals surface area contributed by atoms with Crippen LogP contribution < -0.4 is 5.73 Å². The average molecular weight is 326 g/mol. The summed E-state index contributed by atoms with van der Waals surface area (Å²) in [5.74, 6) is 0.858. The van der Waals surface area contributed by atoms with Gasteiger partial charge in [0.25, 0.3) is 5.91 Å². The van der Waals surface area contributed by atoms with Crippen molar-refractivity contribution in [1.82, 2.24) is 9.80 Å². The minimum Gasteiger partial charge on any atom is -0.399 e. The maximum atomic E-state index is 12.4. The van der Waals surface area contributed by atoms with Crippen LogP contribution in [0.5, 0.6) is 0 Å². The molecule has 124 valence electrons. The van der Waals surface area contributed by atoms with Gasteiger partial charge >= 0.3 is 0 Å². The Morgan fingerprint density at radius 2 is 1.73 bits per heavy atom. The SMILES string of the molecule is CCN(CC)CC1CCN(C(=O)c2ccc(N)cc2)CC1.Cl. The third-order valence-electron chi connectivity index (χ3n) is 4.47. The highest BCUT2D eigenvalue weighted by Gasteiger charge is 2.24. The molecular weight excluding hydrogens is 298 g/mol. The highest BCUT2D eigenvalue weighted by Crippen LogP contribution is 2.20. The second kappa shape index (κ2) is 9.01. The van der Waals surface area contributed by atoms with Crippen molar-refractivity contribution in [3.8, 4) is 0 Å². The molecule has 0 unspecified atom stereocenters. The largest absolute Gasteiger partial charge is 0.399 e. The first-order chi connectivity index (χ1) is 10.1. The van der Waals surface area contributed by atoms with Crippen molar-refractivity contribution in [2.45, 2.75) is 26.7 Å². The van der Waals surface area contributed by atoms with Crippen LogP contribution in [0.4, 0.5) is 5.69 Å². The Labute approximate surface area is 140 Å². The number of carbonyl (C=O) groups is 1. The molecule has 0 aromatic heterocycles. The highest BCUT2D eigenvalue weighted by molar-refractivity contribution is 5.94. The first-order valence-corrected chi connectivity index (χ1v) is 8.01. The van der Waals surface area contributed by atoms with E-state index >= 15 is 0 Å². The van der Waals surface area contributed by atoms with Crippen molar-refractivity contribution in [2.75, 3.05) is 38.5 Å². The number of benzene rings is 1. The standard InChI is InChI=1S/C17H27N3O.ClH/c1-3-19(4-2)13-14-9-11-20(12-10-14)17(21)15-5-7-16(18)8-6-15;/h5-8,14H,3-4,9-13,18H2,1-2H3;1H. The predicted octanol–water partition coefficient (Wildman–Crippen LogP) is 2.88. The van der Waals surface area contributed by atoms with Crippen LogP contribution in [-0.2, 0) is 0 Å². The molecule has 22 heavy (non-hydrogen) atoms. The van der Waals surface area contributed by atoms with Crippen LogP contribution in [-0.4, -0.2) is 48.4 Å². The van der Waals surface area contributed by atoms with Crippen molar-refractivity contribution >= 4 is 24.0 Å². The Morgan fingerprint density at radius 1 is 1.18 bits per heavy atom. The number of hydrogen-bond acceptors (Lipinski definition) is 3. The molecule has 1 aliphatic heterocycles. The molecule has 1 heterocycles. The van der Waals surface area contributed by atoms with Gasteiger partial charge in [-0.1, -0.05) is 13.8 Å². The molecule has 0 spiro atoms. The molecule has 1 saturated heterocycles. The summed E-state index contributed by atoms with van der Waals surface area (Å²) in [6.07, 6.45) is 2.22. The molecule has 1 amide bonds. The number of likely N-dealkylation sites (tertiary alicyclic amines) is 1. The Kier molecular flexibility index (Phi) is 7.69. The van der Waals surface area contributed by atoms with Crippen LogP contribution >= 0.6 is 12.4 Å². The van der Waals surface area contributed by atoms with Gasteiger partial charge in [0.2, 0.25) is 0 Å². The maximum absolute atomic E-state index is 12.4. The van der Waals surface area contributed by atoms with E-state index in [1.807, 2.05) is 17.0 Å². The lowest BCUT2D eigenvalue weighted by Gasteiger charge is -2.34. The maximum Gasteiger partial charge on any atom is 0.253 e. The first kappa shape index (κ1) is 18.8. The number of hydrogen-bond donors (Lipinski definition) is 1. The number of halogens is 1. The summed E-state index contributed by atoms with van der Waals surface area (Å²) in [5.41, 5.74) is 7.11. The van der Waals surface area contributed by atoms with Gasteiger partial charge in [-0.15, -0.1) is 12.4 Å². The van der Waals surface area contributed by atoms with Gasteiger partial charge in [-0.2, -0.15) is 0 Å². The minimum absolute atomic E-state index is 0. The summed E-state index contributed by atoms with van der Waals surface area (Å²) in [6, 6.07) is 7.22. The van der Waals surface area contributed by atoms with Gasteiger partial charge in [0.05, 0.1) is 0 Å². The molecule has 2 rings (SSSR count). The van der Waals surface area contributed by atoms with Crippen LogP contribution in [0.3, 0.4) is 0 Å². The number of nitrogens with two attached hydrogens (primary N) is 1. The van der Waals surface area contributed by atoms with Gasteiger partial charge in [0, 0.05) is 30.9 Å². The van der Waals surface area contributed by atoms with Crippen molar-refractivity contribution in [3.05, 3.63) is 29.8 Å². The van der Waals surface area contributed by atoms with E-state index in [0.29, 0.717) is 5.69 Å². The summed E-state index contributed by atoms with van der Waals surface area (Å²) in [7, 11) is 0. The molecule has 5 heteroatoms. The van der Waals surface area contributed by atoms with Gasteiger partial charge in [-0.05, 0) is 56.1 Å². The Morgan fingerprint density at radius 3 is 2.23 bits per heavy atom. The van der Waals surface area contributed by atoms with Gasteiger partial charge < -0.3 is 15.5 Å². The van der Waals surface area contributed by atoms with E-state index in [-0.39, 0.29) is 18.3 Å². The number of rotatable bonds is 5. The van der Waals surface area contributed by atoms with E-state index in [2.05, 4.69) is 18.7 Å². The first-order valence-electron chi connectivity index (χ1n) is 8.01. The van der Waals surface area contributed by atoms with Gasteiger partial charge in [-0.3, -0.25) is 4.79 Å². The molecular formula is C17H28ClN3O. The van der Waals surface area contributed by atoms with E-state index in [1.165, 1.54) is 0 Å². The van der Waals surface area contributed by atoms with Crippen molar-refractivity contribution in [3.63, 3.8) is 0 Å². The van der Waals surface area contributed by atoms with Crippen LogP contribution in [0, 0.1) is 5.92 Å². The second-order valence-corrected chi connectivity index (χ2v) is 5.84.